The van der Waals surface area contributed by atoms with Gasteiger partial charge in [0, 0.05) is 42.8 Å². The molecule has 2 aromatic rings. The molecule has 1 N–H and O–H groups in total. The Hall–Kier alpha value is -2.11. The highest BCUT2D eigenvalue weighted by Gasteiger charge is 2.16. The average Bonchev–Trinajstić information content (AvgIpc) is 2.67. The van der Waals surface area contributed by atoms with Gasteiger partial charge in [-0.3, -0.25) is 9.48 Å². The van der Waals surface area contributed by atoms with E-state index in [2.05, 4.69) is 15.4 Å². The van der Waals surface area contributed by atoms with E-state index in [9.17, 15) is 4.79 Å². The first kappa shape index (κ1) is 14.3. The molecule has 2 rings (SSSR count). The maximum atomic E-state index is 12.3. The van der Waals surface area contributed by atoms with Gasteiger partial charge < -0.3 is 9.88 Å². The van der Waals surface area contributed by atoms with E-state index in [1.165, 1.54) is 0 Å². The van der Waals surface area contributed by atoms with Crippen LogP contribution >= 0.6 is 0 Å². The van der Waals surface area contributed by atoms with Gasteiger partial charge in [0.05, 0.1) is 6.20 Å². The Morgan fingerprint density at radius 1 is 1.35 bits per heavy atom. The van der Waals surface area contributed by atoms with Gasteiger partial charge in [0.2, 0.25) is 0 Å². The van der Waals surface area contributed by atoms with Gasteiger partial charge in [-0.05, 0) is 27.7 Å². The molecule has 0 saturated heterocycles. The van der Waals surface area contributed by atoms with Crippen LogP contribution in [0.15, 0.2) is 23.4 Å². The van der Waals surface area contributed by atoms with Crippen molar-refractivity contribution in [3.63, 3.8) is 0 Å². The Morgan fingerprint density at radius 2 is 2.05 bits per heavy atom. The Morgan fingerprint density at radius 3 is 2.60 bits per heavy atom. The second-order valence-corrected chi connectivity index (χ2v) is 5.85. The fraction of sp³-hybridized carbons (Fsp3) is 0.500. The molecule has 2 aromatic heterocycles. The minimum absolute atomic E-state index is 0.110. The van der Waals surface area contributed by atoms with Gasteiger partial charge in [0.25, 0.3) is 5.56 Å². The highest BCUT2D eigenvalue weighted by molar-refractivity contribution is 5.33. The van der Waals surface area contributed by atoms with Crippen molar-refractivity contribution in [3.8, 4) is 0 Å². The van der Waals surface area contributed by atoms with Crippen molar-refractivity contribution in [1.29, 1.82) is 0 Å². The summed E-state index contributed by atoms with van der Waals surface area (Å²) < 4.78 is 3.49. The van der Waals surface area contributed by atoms with Crippen molar-refractivity contribution in [3.05, 3.63) is 40.2 Å². The topological polar surface area (TPSA) is 64.7 Å². The van der Waals surface area contributed by atoms with Crippen molar-refractivity contribution >= 4 is 5.82 Å². The number of aromatic nitrogens is 4. The van der Waals surface area contributed by atoms with Gasteiger partial charge in [-0.2, -0.15) is 5.10 Å². The van der Waals surface area contributed by atoms with Crippen LogP contribution in [0.2, 0.25) is 0 Å². The standard InChI is InChI=1S/C14H21N5O/c1-10-11(9-17-18(10)5)8-16-12-13(20)19(7-6-15-12)14(2,3)4/h6-7,9H,8H2,1-5H3,(H,15,16). The molecule has 6 nitrogen and oxygen atoms in total. The second-order valence-electron chi connectivity index (χ2n) is 5.85. The van der Waals surface area contributed by atoms with E-state index < -0.39 is 0 Å². The molecular weight excluding hydrogens is 254 g/mol. The molecule has 0 saturated carbocycles. The zero-order valence-electron chi connectivity index (χ0n) is 12.6. The lowest BCUT2D eigenvalue weighted by molar-refractivity contribution is 0.383. The molecule has 0 aromatic carbocycles. The van der Waals surface area contributed by atoms with Gasteiger partial charge >= 0.3 is 0 Å². The number of anilines is 1. The van der Waals surface area contributed by atoms with Crippen molar-refractivity contribution in [2.75, 3.05) is 5.32 Å². The third-order valence-electron chi connectivity index (χ3n) is 3.35. The molecule has 0 atom stereocenters. The summed E-state index contributed by atoms with van der Waals surface area (Å²) in [6.07, 6.45) is 5.15. The summed E-state index contributed by atoms with van der Waals surface area (Å²) in [5.74, 6) is 0.366. The summed E-state index contributed by atoms with van der Waals surface area (Å²) in [4.78, 5) is 16.5. The van der Waals surface area contributed by atoms with Crippen LogP contribution in [0, 0.1) is 6.92 Å². The van der Waals surface area contributed by atoms with Crippen LogP contribution in [0.1, 0.15) is 32.0 Å². The number of hydrogen-bond donors (Lipinski definition) is 1. The van der Waals surface area contributed by atoms with E-state index in [1.54, 1.807) is 23.2 Å². The Balaban J connectivity index is 2.23. The molecule has 0 amide bonds. The molecular formula is C14H21N5O. The molecule has 6 heteroatoms. The van der Waals surface area contributed by atoms with Gasteiger partial charge in [-0.1, -0.05) is 0 Å². The summed E-state index contributed by atoms with van der Waals surface area (Å²) in [7, 11) is 1.90. The number of nitrogens with one attached hydrogen (secondary N) is 1. The highest BCUT2D eigenvalue weighted by Crippen LogP contribution is 2.11. The van der Waals surface area contributed by atoms with Crippen molar-refractivity contribution < 1.29 is 0 Å². The molecule has 0 fully saturated rings. The third-order valence-corrected chi connectivity index (χ3v) is 3.35. The van der Waals surface area contributed by atoms with Crippen molar-refractivity contribution in [1.82, 2.24) is 19.3 Å². The van der Waals surface area contributed by atoms with E-state index >= 15 is 0 Å². The predicted molar refractivity (Wildman–Crippen MR) is 78.8 cm³/mol. The SMILES string of the molecule is Cc1c(CNc2nccn(C(C)(C)C)c2=O)cnn1C. The Kier molecular flexibility index (Phi) is 3.65. The van der Waals surface area contributed by atoms with Crippen LogP contribution in [0.4, 0.5) is 5.82 Å². The minimum atomic E-state index is -0.263. The fourth-order valence-electron chi connectivity index (χ4n) is 1.96. The molecule has 0 aliphatic rings. The summed E-state index contributed by atoms with van der Waals surface area (Å²) in [6, 6.07) is 0. The van der Waals surface area contributed by atoms with Crippen LogP contribution in [0.3, 0.4) is 0 Å². The molecule has 0 aliphatic carbocycles. The zero-order valence-corrected chi connectivity index (χ0v) is 12.6. The lowest BCUT2D eigenvalue weighted by Crippen LogP contribution is -2.35. The second kappa shape index (κ2) is 5.11. The first-order valence-electron chi connectivity index (χ1n) is 6.60. The lowest BCUT2D eigenvalue weighted by atomic mass is 10.1. The average molecular weight is 275 g/mol. The van der Waals surface area contributed by atoms with Crippen LogP contribution in [-0.2, 0) is 19.1 Å². The summed E-state index contributed by atoms with van der Waals surface area (Å²) in [6.45, 7) is 8.50. The van der Waals surface area contributed by atoms with Crippen molar-refractivity contribution in [2.45, 2.75) is 39.8 Å². The smallest absolute Gasteiger partial charge is 0.293 e. The molecule has 0 spiro atoms. The summed E-state index contributed by atoms with van der Waals surface area (Å²) in [5.41, 5.74) is 1.76. The quantitative estimate of drug-likeness (QED) is 0.925. The monoisotopic (exact) mass is 275 g/mol. The minimum Gasteiger partial charge on any atom is -0.361 e. The van der Waals surface area contributed by atoms with Crippen LogP contribution in [0.25, 0.3) is 0 Å². The van der Waals surface area contributed by atoms with Gasteiger partial charge in [-0.15, -0.1) is 0 Å². The maximum Gasteiger partial charge on any atom is 0.293 e. The van der Waals surface area contributed by atoms with Gasteiger partial charge in [0.1, 0.15) is 0 Å². The molecule has 2 heterocycles. The molecule has 0 aliphatic heterocycles. The number of aryl methyl sites for hydroxylation is 1. The first-order chi connectivity index (χ1) is 9.30. The molecule has 108 valence electrons. The predicted octanol–water partition coefficient (Wildman–Crippen LogP) is 1.65. The van der Waals surface area contributed by atoms with E-state index in [0.717, 1.165) is 11.3 Å². The van der Waals surface area contributed by atoms with E-state index in [1.807, 2.05) is 39.4 Å². The van der Waals surface area contributed by atoms with E-state index in [-0.39, 0.29) is 11.1 Å². The summed E-state index contributed by atoms with van der Waals surface area (Å²) >= 11 is 0. The van der Waals surface area contributed by atoms with Crippen LogP contribution in [0.5, 0.6) is 0 Å². The molecule has 20 heavy (non-hydrogen) atoms. The number of hydrogen-bond acceptors (Lipinski definition) is 4. The van der Waals surface area contributed by atoms with Gasteiger partial charge in [0.15, 0.2) is 5.82 Å². The first-order valence-corrected chi connectivity index (χ1v) is 6.60. The Bertz CT molecular complexity index is 663. The molecule has 0 radical (unpaired) electrons. The lowest BCUT2D eigenvalue weighted by Gasteiger charge is -2.22. The molecule has 0 bridgehead atoms. The zero-order chi connectivity index (χ0) is 14.9. The normalized spacial score (nSPS) is 11.7. The fourth-order valence-corrected chi connectivity index (χ4v) is 1.96. The maximum absolute atomic E-state index is 12.3. The highest BCUT2D eigenvalue weighted by atomic mass is 16.1. The van der Waals surface area contributed by atoms with Crippen LogP contribution < -0.4 is 10.9 Å². The van der Waals surface area contributed by atoms with E-state index in [4.69, 9.17) is 0 Å². The largest absolute Gasteiger partial charge is 0.361 e. The molecule has 0 unspecified atom stereocenters. The number of rotatable bonds is 3. The Labute approximate surface area is 118 Å². The summed E-state index contributed by atoms with van der Waals surface area (Å²) in [5, 5.41) is 7.28. The van der Waals surface area contributed by atoms with E-state index in [0.29, 0.717) is 12.4 Å². The van der Waals surface area contributed by atoms with Crippen molar-refractivity contribution in [2.24, 2.45) is 7.05 Å². The van der Waals surface area contributed by atoms with Gasteiger partial charge in [-0.25, -0.2) is 4.98 Å². The van der Waals surface area contributed by atoms with Crippen LogP contribution in [-0.4, -0.2) is 19.3 Å². The number of nitrogens with zero attached hydrogens (tertiary/aromatic N) is 4. The third kappa shape index (κ3) is 2.74.